The van der Waals surface area contributed by atoms with Crippen LogP contribution in [-0.4, -0.2) is 154 Å². The van der Waals surface area contributed by atoms with Gasteiger partial charge in [0, 0.05) is 74.2 Å². The van der Waals surface area contributed by atoms with Crippen LogP contribution in [0.5, 0.6) is 11.5 Å². The lowest BCUT2D eigenvalue weighted by molar-refractivity contribution is -0.384. The van der Waals surface area contributed by atoms with E-state index in [0.717, 1.165) is 57.1 Å². The van der Waals surface area contributed by atoms with Crippen molar-refractivity contribution in [1.82, 2.24) is 29.7 Å². The second-order valence-electron chi connectivity index (χ2n) is 24.8. The lowest BCUT2D eigenvalue weighted by Gasteiger charge is -2.47. The third-order valence-electron chi connectivity index (χ3n) is 18.1. The number of hydrogen-bond donors (Lipinski definition) is 6. The first-order chi connectivity index (χ1) is 41.9. The van der Waals surface area contributed by atoms with Gasteiger partial charge in [-0.3, -0.25) is 10.1 Å². The molecule has 0 bridgehead atoms. The molecule has 7 N–H and O–H groups in total. The first-order valence-electron chi connectivity index (χ1n) is 29.9. The van der Waals surface area contributed by atoms with Crippen molar-refractivity contribution in [3.05, 3.63) is 105 Å². The molecule has 25 heteroatoms. The van der Waals surface area contributed by atoms with Crippen molar-refractivity contribution in [2.75, 3.05) is 139 Å². The van der Waals surface area contributed by atoms with E-state index in [0.29, 0.717) is 96.4 Å². The smallest absolute Gasteiger partial charge is 0.294 e. The number of methoxy groups -OCH3 is 2. The second-order valence-corrected chi connectivity index (χ2v) is 32.0. The summed E-state index contributed by atoms with van der Waals surface area (Å²) in [4.78, 5) is 38.9. The van der Waals surface area contributed by atoms with Crippen LogP contribution < -0.4 is 56.9 Å². The molecule has 2 saturated heterocycles. The minimum Gasteiger partial charge on any atom is -0.494 e. The van der Waals surface area contributed by atoms with E-state index < -0.39 is 14.3 Å². The fourth-order valence-electron chi connectivity index (χ4n) is 12.9. The molecule has 10 rings (SSSR count). The highest BCUT2D eigenvalue weighted by atomic mass is 35.5. The summed E-state index contributed by atoms with van der Waals surface area (Å²) in [6, 6.07) is 23.2. The number of hydrogen-bond acceptors (Lipinski definition) is 20. The number of rotatable bonds is 17. The van der Waals surface area contributed by atoms with Crippen LogP contribution in [0.15, 0.2) is 85.2 Å². The lowest BCUT2D eigenvalue weighted by atomic mass is 9.66. The van der Waals surface area contributed by atoms with Gasteiger partial charge >= 0.3 is 0 Å². The molecule has 2 saturated carbocycles. The molecule has 2 aromatic heterocycles. The van der Waals surface area contributed by atoms with Crippen molar-refractivity contribution in [2.45, 2.75) is 89.1 Å². The molecule has 0 atom stereocenters. The normalized spacial score (nSPS) is 17.0. The van der Waals surface area contributed by atoms with Crippen molar-refractivity contribution < 1.29 is 28.6 Å². The summed E-state index contributed by atoms with van der Waals surface area (Å²) in [5, 5.41) is 34.0. The molecular weight excluding hydrogens is 1200 g/mol. The van der Waals surface area contributed by atoms with Crippen molar-refractivity contribution in [1.29, 1.82) is 0 Å². The maximum Gasteiger partial charge on any atom is 0.294 e. The van der Waals surface area contributed by atoms with Crippen molar-refractivity contribution in [3.63, 3.8) is 0 Å². The van der Waals surface area contributed by atoms with Gasteiger partial charge in [-0.25, -0.2) is 9.97 Å². The molecule has 4 fully saturated rings. The minimum absolute atomic E-state index is 0.0107. The van der Waals surface area contributed by atoms with Gasteiger partial charge in [0.05, 0.1) is 65.7 Å². The first kappa shape index (κ1) is 67.5. The number of nitrogens with zero attached hydrogens (tertiary/aromatic N) is 9. The van der Waals surface area contributed by atoms with Gasteiger partial charge in [0.2, 0.25) is 11.9 Å². The summed E-state index contributed by atoms with van der Waals surface area (Å²) in [7, 11) is 7.79. The van der Waals surface area contributed by atoms with Crippen molar-refractivity contribution in [3.8, 4) is 11.5 Å². The summed E-state index contributed by atoms with van der Waals surface area (Å²) in [6.45, 7) is 10.4. The maximum atomic E-state index is 12.8. The fourth-order valence-corrected chi connectivity index (χ4v) is 15.5. The van der Waals surface area contributed by atoms with E-state index in [9.17, 15) is 19.2 Å². The highest BCUT2D eigenvalue weighted by molar-refractivity contribution is 7.70. The van der Waals surface area contributed by atoms with Crippen LogP contribution in [0.25, 0.3) is 0 Å². The van der Waals surface area contributed by atoms with E-state index >= 15 is 0 Å². The van der Waals surface area contributed by atoms with Gasteiger partial charge in [0.25, 0.3) is 5.69 Å². The summed E-state index contributed by atoms with van der Waals surface area (Å²) in [5.41, 5.74) is 12.0. The third kappa shape index (κ3) is 16.3. The molecule has 4 heterocycles. The van der Waals surface area contributed by atoms with Gasteiger partial charge < -0.3 is 70.3 Å². The standard InChI is InChI=1S/C31H41ClN7O4P.C31H43ClN7O2P.CH4O/c1-37(2)21-10-12-31(13-11-21)14-16-38(17-15-31)25-19-27(43-3)24(18-26(25)39(40)41)35-30-33-20-22(32)29(36-30)34-23-8-6-7-9-28(23)44(4,5)42;1-38(2)21-10-12-31(13-11-21)14-16-39(17-15-31)26-19-27(41-3)25(18-23(26)33)36-30-34-20-22(32)29(37-30)35-24-8-6-7-9-28(24)42(4,5)40;1-2/h6-9,18-21H,10-17H2,1-5H3,(H2,33,34,35,36);6-9,18-21H,10-17,33H2,1-5H3,(H2,34,35,36,37);2H,1H3. The Morgan fingerprint density at radius 2 is 0.977 bits per heavy atom. The van der Waals surface area contributed by atoms with Gasteiger partial charge in [0.1, 0.15) is 41.5 Å². The monoisotopic (exact) mass is 1280 g/mol. The van der Waals surface area contributed by atoms with E-state index in [4.69, 9.17) is 43.5 Å². The van der Waals surface area contributed by atoms with E-state index in [1.807, 2.05) is 54.6 Å². The Morgan fingerprint density at radius 1 is 0.602 bits per heavy atom. The molecule has 0 amide bonds. The molecule has 21 nitrogen and oxygen atoms in total. The predicted octanol–water partition coefficient (Wildman–Crippen LogP) is 13.0. The number of piperidine rings is 2. The van der Waals surface area contributed by atoms with E-state index in [1.54, 1.807) is 45.9 Å². The number of nitro groups is 1. The molecule has 2 spiro atoms. The number of aliphatic hydroxyl groups excluding tert-OH is 1. The van der Waals surface area contributed by atoms with E-state index in [-0.39, 0.29) is 21.6 Å². The largest absolute Gasteiger partial charge is 0.494 e. The Hall–Kier alpha value is -6.44. The van der Waals surface area contributed by atoms with Gasteiger partial charge in [-0.2, -0.15) is 9.97 Å². The Kier molecular flexibility index (Phi) is 22.3. The highest BCUT2D eigenvalue weighted by Gasteiger charge is 2.41. The van der Waals surface area contributed by atoms with Crippen molar-refractivity contribution in [2.24, 2.45) is 10.8 Å². The zero-order valence-electron chi connectivity index (χ0n) is 52.7. The minimum atomic E-state index is -2.58. The number of halogens is 2. The maximum absolute atomic E-state index is 12.8. The van der Waals surface area contributed by atoms with Crippen LogP contribution in [0.1, 0.15) is 77.0 Å². The number of aromatic nitrogens is 4. The van der Waals surface area contributed by atoms with Crippen LogP contribution in [0.2, 0.25) is 10.0 Å². The first-order valence-corrected chi connectivity index (χ1v) is 35.9. The number of anilines is 11. The van der Waals surface area contributed by atoms with Crippen LogP contribution >= 0.6 is 37.5 Å². The van der Waals surface area contributed by atoms with Gasteiger partial charge in [0.15, 0.2) is 11.6 Å². The molecule has 476 valence electrons. The van der Waals surface area contributed by atoms with Gasteiger partial charge in [-0.05, 0) is 173 Å². The Balaban J connectivity index is 0.000000222. The Morgan fingerprint density at radius 3 is 1.35 bits per heavy atom. The molecule has 88 heavy (non-hydrogen) atoms. The topological polar surface area (TPSA) is 255 Å². The average Bonchev–Trinajstić information content (AvgIpc) is 2.52. The zero-order valence-corrected chi connectivity index (χ0v) is 56.0. The summed E-state index contributed by atoms with van der Waals surface area (Å²) in [6.07, 6.45) is 17.4. The van der Waals surface area contributed by atoms with Gasteiger partial charge in [-0.15, -0.1) is 0 Å². The third-order valence-corrected chi connectivity index (χ3v) is 21.8. The van der Waals surface area contributed by atoms with Crippen LogP contribution in [-0.2, 0) is 9.13 Å². The van der Waals surface area contributed by atoms with Crippen LogP contribution in [0.4, 0.5) is 69.0 Å². The van der Waals surface area contributed by atoms with Gasteiger partial charge in [-0.1, -0.05) is 47.5 Å². The van der Waals surface area contributed by atoms with E-state index in [1.165, 1.54) is 89.8 Å². The molecule has 0 radical (unpaired) electrons. The Labute approximate surface area is 528 Å². The number of aliphatic hydroxyl groups is 1. The predicted molar refractivity (Wildman–Crippen MR) is 363 cm³/mol. The summed E-state index contributed by atoms with van der Waals surface area (Å²) in [5.74, 6) is 2.29. The number of benzene rings is 4. The number of nitrogens with two attached hydrogens (primary N) is 1. The zero-order chi connectivity index (χ0) is 63.7. The quantitative estimate of drug-likeness (QED) is 0.0215. The second kappa shape index (κ2) is 29.0. The van der Waals surface area contributed by atoms with Crippen molar-refractivity contribution >= 4 is 117 Å². The molecule has 6 aromatic rings. The molecule has 4 aliphatic rings. The number of ether oxygens (including phenoxy) is 2. The molecule has 2 aliphatic heterocycles. The molecular formula is C63H88Cl2N14O7P2. The molecule has 0 unspecified atom stereocenters. The van der Waals surface area contributed by atoms with E-state index in [2.05, 4.69) is 89.0 Å². The number of nitrogens with one attached hydrogen (secondary N) is 4. The summed E-state index contributed by atoms with van der Waals surface area (Å²) < 4.78 is 37.1. The summed E-state index contributed by atoms with van der Waals surface area (Å²) >= 11 is 12.9. The molecule has 4 aromatic carbocycles. The highest BCUT2D eigenvalue weighted by Crippen LogP contribution is 2.50. The fraction of sp³-hybridized carbons (Fsp3) is 0.492. The van der Waals surface area contributed by atoms with Crippen LogP contribution in [0.3, 0.4) is 0 Å². The molecule has 2 aliphatic carbocycles. The SMILES string of the molecule is CO.COc1cc(N2CCC3(CCC(N(C)C)CC3)CC2)c(N)cc1Nc1ncc(Cl)c(Nc2ccccc2P(C)(C)=O)n1.COc1cc(N2CCC3(CCC(N(C)C)CC3)CC2)c([N+](=O)[O-])cc1Nc1ncc(Cl)c(Nc2ccccc2P(C)(C)=O)n1. The number of nitro benzene ring substituents is 1. The number of nitrogen functional groups attached to an aromatic ring is 1. The number of para-hydroxylation sites is 2. The van der Waals surface area contributed by atoms with Crippen LogP contribution in [0, 0.1) is 20.9 Å². The lowest BCUT2D eigenvalue weighted by Crippen LogP contribution is -2.44. The average molecular weight is 1290 g/mol. The Bertz CT molecular complexity index is 3480.